The molecule has 134 valence electrons. The van der Waals surface area contributed by atoms with Gasteiger partial charge in [0.25, 0.3) is 0 Å². The van der Waals surface area contributed by atoms with Crippen LogP contribution in [0, 0.1) is 29.6 Å². The Morgan fingerprint density at radius 2 is 1.80 bits per heavy atom. The second-order valence-electron chi connectivity index (χ2n) is 5.13. The van der Waals surface area contributed by atoms with Crippen LogP contribution in [0.4, 0.5) is 0 Å². The standard InChI is InChI=1S/C20H24O5/c1-17(2)20(23)25-19(14-16-24-18(3)22)13-11-9-7-5-4-6-8-10-12-15-21/h7,9-13,17,19,21H,14-16H2,1-3H3/t19-/m1/s1. The average molecular weight is 344 g/mol. The third kappa shape index (κ3) is 14.6. The molecule has 1 atom stereocenters. The topological polar surface area (TPSA) is 72.8 Å². The van der Waals surface area contributed by atoms with Crippen LogP contribution in [0.2, 0.25) is 0 Å². The van der Waals surface area contributed by atoms with E-state index >= 15 is 0 Å². The maximum absolute atomic E-state index is 11.7. The van der Waals surface area contributed by atoms with E-state index in [0.29, 0.717) is 6.42 Å². The monoisotopic (exact) mass is 344 g/mol. The van der Waals surface area contributed by atoms with Gasteiger partial charge in [-0.2, -0.15) is 0 Å². The van der Waals surface area contributed by atoms with Gasteiger partial charge >= 0.3 is 11.9 Å². The van der Waals surface area contributed by atoms with E-state index in [9.17, 15) is 9.59 Å². The van der Waals surface area contributed by atoms with Crippen molar-refractivity contribution >= 4 is 11.9 Å². The van der Waals surface area contributed by atoms with Gasteiger partial charge in [0.15, 0.2) is 0 Å². The van der Waals surface area contributed by atoms with Crippen LogP contribution in [-0.4, -0.2) is 36.4 Å². The summed E-state index contributed by atoms with van der Waals surface area (Å²) in [5.41, 5.74) is 0. The summed E-state index contributed by atoms with van der Waals surface area (Å²) in [6.07, 6.45) is 9.66. The van der Waals surface area contributed by atoms with Crippen LogP contribution < -0.4 is 0 Å². The first kappa shape index (κ1) is 22.2. The molecule has 0 aliphatic heterocycles. The van der Waals surface area contributed by atoms with Gasteiger partial charge in [-0.25, -0.2) is 0 Å². The molecule has 0 bridgehead atoms. The lowest BCUT2D eigenvalue weighted by Gasteiger charge is -2.15. The maximum atomic E-state index is 11.7. The van der Waals surface area contributed by atoms with Crippen molar-refractivity contribution in [3.05, 3.63) is 36.5 Å². The molecule has 0 aromatic heterocycles. The number of aliphatic hydroxyl groups is 1. The first-order valence-electron chi connectivity index (χ1n) is 7.91. The number of carbonyl (C=O) groups excluding carboxylic acids is 2. The quantitative estimate of drug-likeness (QED) is 0.415. The van der Waals surface area contributed by atoms with E-state index < -0.39 is 6.10 Å². The minimum atomic E-state index is -0.477. The van der Waals surface area contributed by atoms with E-state index in [0.717, 1.165) is 0 Å². The molecule has 0 rings (SSSR count). The van der Waals surface area contributed by atoms with Crippen LogP contribution >= 0.6 is 0 Å². The van der Waals surface area contributed by atoms with Crippen molar-refractivity contribution in [2.75, 3.05) is 13.2 Å². The molecule has 0 heterocycles. The number of ether oxygens (including phenoxy) is 2. The van der Waals surface area contributed by atoms with Crippen LogP contribution in [0.1, 0.15) is 27.2 Å². The zero-order valence-electron chi connectivity index (χ0n) is 14.8. The summed E-state index contributed by atoms with van der Waals surface area (Å²) in [5, 5.41) is 8.51. The van der Waals surface area contributed by atoms with E-state index in [4.69, 9.17) is 14.6 Å². The summed E-state index contributed by atoms with van der Waals surface area (Å²) in [6.45, 7) is 4.96. The molecular weight excluding hydrogens is 320 g/mol. The number of carbonyl (C=O) groups is 2. The summed E-state index contributed by atoms with van der Waals surface area (Å²) in [7, 11) is 0. The van der Waals surface area contributed by atoms with Gasteiger partial charge in [0, 0.05) is 13.3 Å². The molecule has 0 radical (unpaired) electrons. The van der Waals surface area contributed by atoms with Crippen molar-refractivity contribution in [3.63, 3.8) is 0 Å². The average Bonchev–Trinajstić information content (AvgIpc) is 2.55. The number of esters is 2. The van der Waals surface area contributed by atoms with Crippen LogP contribution in [0.3, 0.4) is 0 Å². The lowest BCUT2D eigenvalue weighted by molar-refractivity contribution is -0.151. The largest absolute Gasteiger partial charge is 0.466 e. The molecule has 0 spiro atoms. The lowest BCUT2D eigenvalue weighted by Crippen LogP contribution is -2.21. The second kappa shape index (κ2) is 14.8. The Morgan fingerprint density at radius 3 is 2.40 bits per heavy atom. The van der Waals surface area contributed by atoms with Crippen LogP contribution in [0.25, 0.3) is 0 Å². The molecule has 0 aliphatic carbocycles. The van der Waals surface area contributed by atoms with Crippen molar-refractivity contribution in [3.8, 4) is 23.7 Å². The zero-order chi connectivity index (χ0) is 18.9. The molecule has 0 saturated carbocycles. The maximum Gasteiger partial charge on any atom is 0.308 e. The smallest absolute Gasteiger partial charge is 0.308 e. The van der Waals surface area contributed by atoms with Gasteiger partial charge in [-0.05, 0) is 30.1 Å². The molecule has 0 fully saturated rings. The number of hydrogen-bond acceptors (Lipinski definition) is 5. The predicted octanol–water partition coefficient (Wildman–Crippen LogP) is 2.18. The number of rotatable bonds is 8. The van der Waals surface area contributed by atoms with Crippen molar-refractivity contribution in [1.82, 2.24) is 0 Å². The van der Waals surface area contributed by atoms with Crippen molar-refractivity contribution < 1.29 is 24.2 Å². The Hall–Kier alpha value is -2.76. The molecule has 1 N–H and O–H groups in total. The highest BCUT2D eigenvalue weighted by atomic mass is 16.6. The molecule has 25 heavy (non-hydrogen) atoms. The van der Waals surface area contributed by atoms with Gasteiger partial charge in [-0.15, -0.1) is 0 Å². The minimum Gasteiger partial charge on any atom is -0.466 e. The van der Waals surface area contributed by atoms with Gasteiger partial charge in [0.05, 0.1) is 19.1 Å². The summed E-state index contributed by atoms with van der Waals surface area (Å²) < 4.78 is 10.2. The Bertz CT molecular complexity index is 618. The number of hydrogen-bond donors (Lipinski definition) is 1. The first-order valence-corrected chi connectivity index (χ1v) is 7.91. The summed E-state index contributed by atoms with van der Waals surface area (Å²) in [6, 6.07) is 0. The Kier molecular flexibility index (Phi) is 13.2. The summed E-state index contributed by atoms with van der Waals surface area (Å²) in [4.78, 5) is 22.5. The molecule has 0 aromatic rings. The van der Waals surface area contributed by atoms with E-state index in [1.807, 2.05) is 0 Å². The van der Waals surface area contributed by atoms with Gasteiger partial charge in [-0.3, -0.25) is 9.59 Å². The molecule has 0 saturated heterocycles. The normalized spacial score (nSPS) is 11.9. The molecule has 5 nitrogen and oxygen atoms in total. The van der Waals surface area contributed by atoms with Gasteiger partial charge < -0.3 is 14.6 Å². The van der Waals surface area contributed by atoms with Crippen molar-refractivity contribution in [2.45, 2.75) is 33.3 Å². The molecule has 0 unspecified atom stereocenters. The Labute approximate surface area is 149 Å². The SMILES string of the molecule is CC(=O)OCC[C@@H](C=CC=CC#CC#CC=CCO)OC(=O)C(C)C. The van der Waals surface area contributed by atoms with Gasteiger partial charge in [0.2, 0.25) is 0 Å². The Balaban J connectivity index is 4.56. The third-order valence-electron chi connectivity index (χ3n) is 2.58. The van der Waals surface area contributed by atoms with E-state index in [1.165, 1.54) is 19.1 Å². The summed E-state index contributed by atoms with van der Waals surface area (Å²) >= 11 is 0. The predicted molar refractivity (Wildman–Crippen MR) is 96.0 cm³/mol. The third-order valence-corrected chi connectivity index (χ3v) is 2.58. The highest BCUT2D eigenvalue weighted by molar-refractivity contribution is 5.71. The van der Waals surface area contributed by atoms with E-state index in [2.05, 4.69) is 23.7 Å². The van der Waals surface area contributed by atoms with Crippen molar-refractivity contribution in [1.29, 1.82) is 0 Å². The highest BCUT2D eigenvalue weighted by Gasteiger charge is 2.14. The van der Waals surface area contributed by atoms with Crippen LogP contribution in [0.5, 0.6) is 0 Å². The summed E-state index contributed by atoms with van der Waals surface area (Å²) in [5.74, 6) is 9.67. The van der Waals surface area contributed by atoms with Gasteiger partial charge in [0.1, 0.15) is 6.10 Å². The van der Waals surface area contributed by atoms with Crippen LogP contribution in [0.15, 0.2) is 36.5 Å². The molecule has 0 aliphatic rings. The fourth-order valence-electron chi connectivity index (χ4n) is 1.36. The molecular formula is C20H24O5. The van der Waals surface area contributed by atoms with Crippen LogP contribution in [-0.2, 0) is 19.1 Å². The van der Waals surface area contributed by atoms with Gasteiger partial charge in [-0.1, -0.05) is 43.9 Å². The minimum absolute atomic E-state index is 0.0488. The fourth-order valence-corrected chi connectivity index (χ4v) is 1.36. The Morgan fingerprint density at radius 1 is 1.12 bits per heavy atom. The van der Waals surface area contributed by atoms with Crippen molar-refractivity contribution in [2.24, 2.45) is 5.92 Å². The van der Waals surface area contributed by atoms with E-state index in [1.54, 1.807) is 38.2 Å². The molecule has 5 heteroatoms. The zero-order valence-corrected chi connectivity index (χ0v) is 14.8. The molecule has 0 aromatic carbocycles. The number of aliphatic hydroxyl groups excluding tert-OH is 1. The van der Waals surface area contributed by atoms with E-state index in [-0.39, 0.29) is 31.1 Å². The highest BCUT2D eigenvalue weighted by Crippen LogP contribution is 2.07. The fraction of sp³-hybridized carbons (Fsp3) is 0.400. The second-order valence-corrected chi connectivity index (χ2v) is 5.13. The first-order chi connectivity index (χ1) is 12.0. The lowest BCUT2D eigenvalue weighted by atomic mass is 10.2. The molecule has 0 amide bonds. The number of allylic oxidation sites excluding steroid dienone is 4.